The normalized spacial score (nSPS) is 11.2. The van der Waals surface area contributed by atoms with Gasteiger partial charge in [-0.3, -0.25) is 4.79 Å². The first-order valence-electron chi connectivity index (χ1n) is 10.3. The molecule has 0 aliphatic carbocycles. The summed E-state index contributed by atoms with van der Waals surface area (Å²) in [5.74, 6) is 0.773. The van der Waals surface area contributed by atoms with Crippen LogP contribution in [-0.2, 0) is 6.61 Å². The van der Waals surface area contributed by atoms with Crippen molar-refractivity contribution < 1.29 is 14.6 Å². The molecule has 0 aliphatic rings. The lowest BCUT2D eigenvalue weighted by Crippen LogP contribution is -2.26. The molecule has 4 N–H and O–H groups in total. The van der Waals surface area contributed by atoms with Gasteiger partial charge < -0.3 is 20.9 Å². The smallest absolute Gasteiger partial charge is 0.254 e. The first kappa shape index (κ1) is 22.8. The minimum absolute atomic E-state index is 0.130. The second-order valence-electron chi connectivity index (χ2n) is 7.25. The summed E-state index contributed by atoms with van der Waals surface area (Å²) in [6.45, 7) is 0.335. The highest BCUT2D eigenvalue weighted by Crippen LogP contribution is 2.33. The highest BCUT2D eigenvalue weighted by Gasteiger charge is 2.17. The summed E-state index contributed by atoms with van der Waals surface area (Å²) in [6, 6.07) is 15.4. The minimum Gasteiger partial charge on any atom is -0.489 e. The molecule has 33 heavy (non-hydrogen) atoms. The van der Waals surface area contributed by atoms with E-state index >= 15 is 0 Å². The van der Waals surface area contributed by atoms with Gasteiger partial charge in [-0.15, -0.1) is 11.3 Å². The largest absolute Gasteiger partial charge is 0.489 e. The molecule has 0 unspecified atom stereocenters. The Morgan fingerprint density at radius 2 is 1.97 bits per heavy atom. The van der Waals surface area contributed by atoms with Crippen LogP contribution in [0.4, 0.5) is 5.82 Å². The van der Waals surface area contributed by atoms with Crippen molar-refractivity contribution >= 4 is 56.9 Å². The van der Waals surface area contributed by atoms with Gasteiger partial charge in [-0.1, -0.05) is 48.0 Å². The van der Waals surface area contributed by atoms with Crippen LogP contribution in [-0.4, -0.2) is 29.1 Å². The quantitative estimate of drug-likeness (QED) is 0.309. The van der Waals surface area contributed by atoms with Gasteiger partial charge in [-0.05, 0) is 40.8 Å². The average molecular weight is 480 g/mol. The van der Waals surface area contributed by atoms with Crippen molar-refractivity contribution in [3.63, 3.8) is 0 Å². The van der Waals surface area contributed by atoms with Crippen molar-refractivity contribution in [3.05, 3.63) is 87.4 Å². The number of hydrogen-bond donors (Lipinski definition) is 3. The lowest BCUT2D eigenvalue weighted by atomic mass is 10.1. The van der Waals surface area contributed by atoms with Gasteiger partial charge >= 0.3 is 0 Å². The molecule has 0 saturated heterocycles. The van der Waals surface area contributed by atoms with E-state index in [4.69, 9.17) is 27.2 Å². The monoisotopic (exact) mass is 479 g/mol. The highest BCUT2D eigenvalue weighted by atomic mass is 35.5. The third-order valence-electron chi connectivity index (χ3n) is 4.93. The molecule has 6 nitrogen and oxygen atoms in total. The summed E-state index contributed by atoms with van der Waals surface area (Å²) in [5.41, 5.74) is 9.46. The molecule has 4 aromatic rings. The number of thiophene rings is 1. The molecule has 2 aromatic carbocycles. The minimum atomic E-state index is -0.295. The fourth-order valence-electron chi connectivity index (χ4n) is 3.30. The second kappa shape index (κ2) is 10.5. The molecule has 0 aliphatic heterocycles. The van der Waals surface area contributed by atoms with Gasteiger partial charge in [-0.25, -0.2) is 4.98 Å². The summed E-state index contributed by atoms with van der Waals surface area (Å²) >= 11 is 7.35. The molecule has 2 aromatic heterocycles. The average Bonchev–Trinajstić information content (AvgIpc) is 3.26. The third kappa shape index (κ3) is 5.51. The Morgan fingerprint density at radius 3 is 2.76 bits per heavy atom. The highest BCUT2D eigenvalue weighted by molar-refractivity contribution is 7.17. The number of benzene rings is 2. The Kier molecular flexibility index (Phi) is 7.24. The lowest BCUT2D eigenvalue weighted by molar-refractivity contribution is 0.0946. The molecule has 0 atom stereocenters. The molecule has 0 spiro atoms. The van der Waals surface area contributed by atoms with Crippen LogP contribution in [0.25, 0.3) is 22.2 Å². The molecular weight excluding hydrogens is 458 g/mol. The van der Waals surface area contributed by atoms with Gasteiger partial charge in [0.2, 0.25) is 0 Å². The number of ether oxygens (including phenoxy) is 1. The number of nitrogen functional groups attached to an aromatic ring is 1. The maximum absolute atomic E-state index is 12.4. The molecule has 0 fully saturated rings. The maximum Gasteiger partial charge on any atom is 0.254 e. The van der Waals surface area contributed by atoms with Crippen molar-refractivity contribution in [1.82, 2.24) is 10.3 Å². The number of anilines is 1. The Hall–Kier alpha value is -3.39. The molecule has 0 bridgehead atoms. The third-order valence-corrected chi connectivity index (χ3v) is 6.25. The number of hydrogen-bond acceptors (Lipinski definition) is 6. The van der Waals surface area contributed by atoms with Gasteiger partial charge in [0.25, 0.3) is 5.91 Å². The van der Waals surface area contributed by atoms with Crippen molar-refractivity contribution in [1.29, 1.82) is 0 Å². The number of carbonyl (C=O) groups excluding carboxylic acids is 1. The van der Waals surface area contributed by atoms with Crippen LogP contribution < -0.4 is 15.8 Å². The topological polar surface area (TPSA) is 97.5 Å². The van der Waals surface area contributed by atoms with E-state index in [9.17, 15) is 4.79 Å². The number of fused-ring (bicyclic) bond motifs is 1. The van der Waals surface area contributed by atoms with E-state index in [2.05, 4.69) is 10.3 Å². The first-order valence-corrected chi connectivity index (χ1v) is 11.5. The molecule has 8 heteroatoms. The predicted octanol–water partition coefficient (Wildman–Crippen LogP) is 5.00. The number of aliphatic hydroxyl groups excluding tert-OH is 1. The number of aliphatic hydroxyl groups is 1. The van der Waals surface area contributed by atoms with E-state index in [1.807, 2.05) is 66.1 Å². The number of aromatic nitrogens is 1. The van der Waals surface area contributed by atoms with E-state index in [-0.39, 0.29) is 25.7 Å². The van der Waals surface area contributed by atoms with Gasteiger partial charge in [0.05, 0.1) is 16.9 Å². The summed E-state index contributed by atoms with van der Waals surface area (Å²) in [6.07, 6.45) is 5.48. The van der Waals surface area contributed by atoms with Crippen molar-refractivity contribution in [2.45, 2.75) is 6.61 Å². The van der Waals surface area contributed by atoms with Crippen LogP contribution in [0.2, 0.25) is 5.02 Å². The zero-order valence-electron chi connectivity index (χ0n) is 17.6. The number of carbonyl (C=O) groups is 1. The van der Waals surface area contributed by atoms with Crippen molar-refractivity contribution in [3.8, 4) is 5.75 Å². The summed E-state index contributed by atoms with van der Waals surface area (Å²) in [5, 5.41) is 15.0. The van der Waals surface area contributed by atoms with Crippen LogP contribution in [0, 0.1) is 0 Å². The molecule has 1 amide bonds. The molecule has 2 heterocycles. The van der Waals surface area contributed by atoms with Crippen molar-refractivity contribution in [2.24, 2.45) is 0 Å². The Bertz CT molecular complexity index is 1300. The van der Waals surface area contributed by atoms with Crippen LogP contribution in [0.1, 0.15) is 27.0 Å². The van der Waals surface area contributed by atoms with Crippen LogP contribution >= 0.6 is 22.9 Å². The number of amides is 1. The van der Waals surface area contributed by atoms with Crippen LogP contribution in [0.3, 0.4) is 0 Å². The molecule has 0 saturated carbocycles. The van der Waals surface area contributed by atoms with Crippen LogP contribution in [0.5, 0.6) is 5.75 Å². The SMILES string of the molecule is Nc1ncc(C(=O)NCCO)c2scc(COc3cccc(C=Cc4ccc(Cl)cc4)c3)c12. The van der Waals surface area contributed by atoms with Gasteiger partial charge in [0.15, 0.2) is 0 Å². The van der Waals surface area contributed by atoms with Gasteiger partial charge in [0.1, 0.15) is 18.2 Å². The van der Waals surface area contributed by atoms with Gasteiger partial charge in [-0.2, -0.15) is 0 Å². The van der Waals surface area contributed by atoms with E-state index < -0.39 is 0 Å². The Balaban J connectivity index is 1.50. The predicted molar refractivity (Wildman–Crippen MR) is 135 cm³/mol. The van der Waals surface area contributed by atoms with E-state index in [1.54, 1.807) is 0 Å². The standard InChI is InChI=1S/C25H22ClN3O3S/c26-19-8-6-16(7-9-19)4-5-17-2-1-3-20(12-17)32-14-18-15-33-23-21(25(31)28-10-11-30)13-29-24(27)22(18)23/h1-9,12-13,15,30H,10-11,14H2,(H2,27,29)(H,28,31). The van der Waals surface area contributed by atoms with Gasteiger partial charge in [0, 0.05) is 28.7 Å². The molecule has 168 valence electrons. The Labute approximate surface area is 200 Å². The number of rotatable bonds is 8. The maximum atomic E-state index is 12.4. The first-order chi connectivity index (χ1) is 16.0. The number of halogens is 1. The fraction of sp³-hybridized carbons (Fsp3) is 0.120. The molecule has 4 rings (SSSR count). The summed E-state index contributed by atoms with van der Waals surface area (Å²) in [7, 11) is 0. The lowest BCUT2D eigenvalue weighted by Gasteiger charge is -2.09. The number of nitrogens with two attached hydrogens (primary N) is 1. The fourth-order valence-corrected chi connectivity index (χ4v) is 4.50. The second-order valence-corrected chi connectivity index (χ2v) is 8.56. The van der Waals surface area contributed by atoms with Crippen molar-refractivity contribution in [2.75, 3.05) is 18.9 Å². The number of pyridine rings is 1. The zero-order chi connectivity index (χ0) is 23.2. The van der Waals surface area contributed by atoms with Crippen LogP contribution in [0.15, 0.2) is 60.1 Å². The summed E-state index contributed by atoms with van der Waals surface area (Å²) < 4.78 is 6.77. The molecule has 0 radical (unpaired) electrons. The molecular formula is C25H22ClN3O3S. The van der Waals surface area contributed by atoms with E-state index in [1.165, 1.54) is 17.5 Å². The number of nitrogens with one attached hydrogen (secondary N) is 1. The summed E-state index contributed by atoms with van der Waals surface area (Å²) in [4.78, 5) is 16.6. The zero-order valence-corrected chi connectivity index (χ0v) is 19.2. The van der Waals surface area contributed by atoms with E-state index in [0.29, 0.717) is 16.4 Å². The van der Waals surface area contributed by atoms with E-state index in [0.717, 1.165) is 32.5 Å². The Morgan fingerprint density at radius 1 is 1.18 bits per heavy atom. The number of nitrogens with zero attached hydrogens (tertiary/aromatic N) is 1.